The van der Waals surface area contributed by atoms with Crippen LogP contribution in [-0.2, 0) is 0 Å². The molecule has 0 bridgehead atoms. The van der Waals surface area contributed by atoms with Crippen LogP contribution in [0, 0.1) is 0 Å². The molecule has 0 aliphatic carbocycles. The molecule has 3 N–H and O–H groups in total. The van der Waals surface area contributed by atoms with Gasteiger partial charge in [0.1, 0.15) is 0 Å². The first-order valence-electron chi connectivity index (χ1n) is 3.36. The lowest BCUT2D eigenvalue weighted by Gasteiger charge is -2.07. The molecule has 1 rings (SSSR count). The minimum absolute atomic E-state index is 0. The lowest BCUT2D eigenvalue weighted by Crippen LogP contribution is -2.14. The Kier molecular flexibility index (Phi) is 5.50. The molecule has 0 aliphatic rings. The van der Waals surface area contributed by atoms with Crippen molar-refractivity contribution in [2.75, 3.05) is 6.61 Å². The summed E-state index contributed by atoms with van der Waals surface area (Å²) in [6.45, 7) is -0.0174. The summed E-state index contributed by atoms with van der Waals surface area (Å²) in [4.78, 5) is 0. The predicted octanol–water partition coefficient (Wildman–Crippen LogP) is 1.86. The fourth-order valence-electron chi connectivity index (χ4n) is 0.843. The van der Waals surface area contributed by atoms with Crippen LogP contribution < -0.4 is 5.73 Å². The van der Waals surface area contributed by atoms with E-state index in [0.717, 1.165) is 10.0 Å². The molecule has 12 heavy (non-hydrogen) atoms. The van der Waals surface area contributed by atoms with E-state index in [1.54, 1.807) is 0 Å². The zero-order valence-corrected chi connectivity index (χ0v) is 8.81. The van der Waals surface area contributed by atoms with Gasteiger partial charge in [0.25, 0.3) is 0 Å². The number of aliphatic hydroxyl groups is 1. The smallest absolute Gasteiger partial charge is 0.0624 e. The van der Waals surface area contributed by atoms with E-state index in [-0.39, 0.29) is 25.1 Å². The third-order valence-electron chi connectivity index (χ3n) is 1.47. The maximum atomic E-state index is 8.74. The molecule has 0 saturated carbocycles. The van der Waals surface area contributed by atoms with Crippen LogP contribution in [0.1, 0.15) is 11.6 Å². The molecule has 0 amide bonds. The number of aliphatic hydroxyl groups excluding tert-OH is 1. The lowest BCUT2D eigenvalue weighted by atomic mass is 10.1. The van der Waals surface area contributed by atoms with Crippen LogP contribution in [0.5, 0.6) is 0 Å². The summed E-state index contributed by atoms with van der Waals surface area (Å²) in [6, 6.07) is 7.35. The van der Waals surface area contributed by atoms with Crippen LogP contribution in [0.25, 0.3) is 0 Å². The maximum Gasteiger partial charge on any atom is 0.0624 e. The molecule has 0 radical (unpaired) electrons. The average molecular weight is 253 g/mol. The highest BCUT2D eigenvalue weighted by Crippen LogP contribution is 2.15. The summed E-state index contributed by atoms with van der Waals surface area (Å²) in [5.41, 5.74) is 6.54. The van der Waals surface area contributed by atoms with Crippen molar-refractivity contribution in [1.82, 2.24) is 0 Å². The maximum absolute atomic E-state index is 8.74. The average Bonchev–Trinajstić information content (AvgIpc) is 2.03. The Morgan fingerprint density at radius 2 is 2.17 bits per heavy atom. The molecule has 0 aromatic heterocycles. The number of hydrogen-bond acceptors (Lipinski definition) is 2. The largest absolute Gasteiger partial charge is 0.394 e. The first kappa shape index (κ1) is 11.9. The second-order valence-electron chi connectivity index (χ2n) is 2.34. The highest BCUT2D eigenvalue weighted by molar-refractivity contribution is 9.10. The van der Waals surface area contributed by atoms with Crippen LogP contribution >= 0.6 is 28.3 Å². The SMILES string of the molecule is Cl.NC(CO)c1cccc(Br)c1. The van der Waals surface area contributed by atoms with E-state index in [9.17, 15) is 0 Å². The van der Waals surface area contributed by atoms with Gasteiger partial charge in [0.2, 0.25) is 0 Å². The van der Waals surface area contributed by atoms with Crippen molar-refractivity contribution in [3.05, 3.63) is 34.3 Å². The normalized spacial score (nSPS) is 11.9. The molecular formula is C8H11BrClNO. The van der Waals surface area contributed by atoms with Crippen LogP contribution in [0.15, 0.2) is 28.7 Å². The second-order valence-corrected chi connectivity index (χ2v) is 3.26. The topological polar surface area (TPSA) is 46.2 Å². The van der Waals surface area contributed by atoms with E-state index in [1.165, 1.54) is 0 Å². The molecule has 1 aromatic carbocycles. The Morgan fingerprint density at radius 1 is 1.50 bits per heavy atom. The molecule has 0 saturated heterocycles. The predicted molar refractivity (Wildman–Crippen MR) is 55.4 cm³/mol. The zero-order valence-electron chi connectivity index (χ0n) is 6.40. The Bertz CT molecular complexity index is 244. The third-order valence-corrected chi connectivity index (χ3v) is 1.97. The van der Waals surface area contributed by atoms with Gasteiger partial charge in [-0.2, -0.15) is 0 Å². The number of nitrogens with two attached hydrogens (primary N) is 1. The third kappa shape index (κ3) is 3.11. The summed E-state index contributed by atoms with van der Waals surface area (Å²) >= 11 is 3.32. The van der Waals surface area contributed by atoms with E-state index in [2.05, 4.69) is 15.9 Å². The molecule has 68 valence electrons. The van der Waals surface area contributed by atoms with Crippen LogP contribution in [-0.4, -0.2) is 11.7 Å². The minimum Gasteiger partial charge on any atom is -0.394 e. The van der Waals surface area contributed by atoms with Gasteiger partial charge in [0, 0.05) is 4.47 Å². The summed E-state index contributed by atoms with van der Waals surface area (Å²) in [6.07, 6.45) is 0. The van der Waals surface area contributed by atoms with Crippen LogP contribution in [0.3, 0.4) is 0 Å². The first-order chi connectivity index (χ1) is 5.24. The number of hydrogen-bond donors (Lipinski definition) is 2. The van der Waals surface area contributed by atoms with Crippen molar-refractivity contribution in [1.29, 1.82) is 0 Å². The van der Waals surface area contributed by atoms with Gasteiger partial charge in [0.05, 0.1) is 12.6 Å². The monoisotopic (exact) mass is 251 g/mol. The Morgan fingerprint density at radius 3 is 2.67 bits per heavy atom. The van der Waals surface area contributed by atoms with Gasteiger partial charge < -0.3 is 10.8 Å². The lowest BCUT2D eigenvalue weighted by molar-refractivity contribution is 0.268. The van der Waals surface area contributed by atoms with E-state index in [1.807, 2.05) is 24.3 Å². The quantitative estimate of drug-likeness (QED) is 0.844. The van der Waals surface area contributed by atoms with E-state index >= 15 is 0 Å². The molecule has 4 heteroatoms. The summed E-state index contributed by atoms with van der Waals surface area (Å²) in [5, 5.41) is 8.74. The van der Waals surface area contributed by atoms with Crippen molar-refractivity contribution < 1.29 is 5.11 Å². The standard InChI is InChI=1S/C8H10BrNO.ClH/c9-7-3-1-2-6(4-7)8(10)5-11;/h1-4,8,11H,5,10H2;1H. The highest BCUT2D eigenvalue weighted by atomic mass is 79.9. The van der Waals surface area contributed by atoms with Gasteiger partial charge in [-0.3, -0.25) is 0 Å². The van der Waals surface area contributed by atoms with Crippen molar-refractivity contribution in [2.24, 2.45) is 5.73 Å². The zero-order chi connectivity index (χ0) is 8.27. The molecule has 0 heterocycles. The fraction of sp³-hybridized carbons (Fsp3) is 0.250. The second kappa shape index (κ2) is 5.54. The first-order valence-corrected chi connectivity index (χ1v) is 4.15. The number of benzene rings is 1. The molecule has 0 aliphatic heterocycles. The van der Waals surface area contributed by atoms with Gasteiger partial charge >= 0.3 is 0 Å². The molecule has 1 unspecified atom stereocenters. The van der Waals surface area contributed by atoms with Crippen molar-refractivity contribution in [3.63, 3.8) is 0 Å². The van der Waals surface area contributed by atoms with E-state index in [0.29, 0.717) is 0 Å². The van der Waals surface area contributed by atoms with Crippen molar-refractivity contribution >= 4 is 28.3 Å². The Labute approximate surface area is 86.3 Å². The molecule has 1 atom stereocenters. The van der Waals surface area contributed by atoms with Gasteiger partial charge in [-0.25, -0.2) is 0 Å². The molecule has 0 spiro atoms. The van der Waals surface area contributed by atoms with E-state index in [4.69, 9.17) is 10.8 Å². The summed E-state index contributed by atoms with van der Waals surface area (Å²) < 4.78 is 0.985. The van der Waals surface area contributed by atoms with Crippen LogP contribution in [0.2, 0.25) is 0 Å². The highest BCUT2D eigenvalue weighted by Gasteiger charge is 2.02. The van der Waals surface area contributed by atoms with Crippen molar-refractivity contribution in [2.45, 2.75) is 6.04 Å². The van der Waals surface area contributed by atoms with Gasteiger partial charge in [-0.05, 0) is 17.7 Å². The summed E-state index contributed by atoms with van der Waals surface area (Å²) in [7, 11) is 0. The van der Waals surface area contributed by atoms with Gasteiger partial charge in [-0.1, -0.05) is 28.1 Å². The number of rotatable bonds is 2. The van der Waals surface area contributed by atoms with E-state index < -0.39 is 0 Å². The van der Waals surface area contributed by atoms with Gasteiger partial charge in [0.15, 0.2) is 0 Å². The van der Waals surface area contributed by atoms with Crippen LogP contribution in [0.4, 0.5) is 0 Å². The molecular weight excluding hydrogens is 241 g/mol. The Hall–Kier alpha value is -0.0900. The van der Waals surface area contributed by atoms with Crippen molar-refractivity contribution in [3.8, 4) is 0 Å². The fourth-order valence-corrected chi connectivity index (χ4v) is 1.26. The summed E-state index contributed by atoms with van der Waals surface area (Å²) in [5.74, 6) is 0. The number of halogens is 2. The minimum atomic E-state index is -0.271. The molecule has 2 nitrogen and oxygen atoms in total. The van der Waals surface area contributed by atoms with Gasteiger partial charge in [-0.15, -0.1) is 12.4 Å². The Balaban J connectivity index is 0.00000121. The molecule has 0 fully saturated rings. The molecule has 1 aromatic rings.